The summed E-state index contributed by atoms with van der Waals surface area (Å²) in [5.74, 6) is 0.505. The Morgan fingerprint density at radius 1 is 1.26 bits per heavy atom. The van der Waals surface area contributed by atoms with Gasteiger partial charge in [-0.15, -0.1) is 0 Å². The molecule has 2 aliphatic heterocycles. The smallest absolute Gasteiger partial charge is 0.251 e. The van der Waals surface area contributed by atoms with Crippen LogP contribution < -0.4 is 5.32 Å². The maximum atomic E-state index is 12.5. The molecule has 0 radical (unpaired) electrons. The average Bonchev–Trinajstić information content (AvgIpc) is 3.10. The van der Waals surface area contributed by atoms with Gasteiger partial charge in [0.25, 0.3) is 5.91 Å². The molecule has 0 aliphatic carbocycles. The minimum Gasteiger partial charge on any atom is -0.381 e. The molecule has 0 aromatic heterocycles. The Morgan fingerprint density at radius 3 is 2.74 bits per heavy atom. The largest absolute Gasteiger partial charge is 0.381 e. The molecule has 5 heteroatoms. The van der Waals surface area contributed by atoms with Crippen LogP contribution in [-0.4, -0.2) is 62.9 Å². The molecule has 0 bridgehead atoms. The second-order valence-electron chi connectivity index (χ2n) is 6.36. The minimum absolute atomic E-state index is 0.0141. The summed E-state index contributed by atoms with van der Waals surface area (Å²) in [6.45, 7) is 7.67. The first kappa shape index (κ1) is 16.4. The summed E-state index contributed by atoms with van der Waals surface area (Å²) in [5, 5.41) is 3.14. The summed E-state index contributed by atoms with van der Waals surface area (Å²) < 4.78 is 11.0. The van der Waals surface area contributed by atoms with E-state index in [1.54, 1.807) is 0 Å². The van der Waals surface area contributed by atoms with Gasteiger partial charge in [-0.1, -0.05) is 18.2 Å². The normalized spacial score (nSPS) is 23.6. The lowest BCUT2D eigenvalue weighted by Crippen LogP contribution is -2.52. The van der Waals surface area contributed by atoms with Gasteiger partial charge >= 0.3 is 0 Å². The number of amides is 1. The number of nitrogens with zero attached hydrogens (tertiary/aromatic N) is 1. The Labute approximate surface area is 137 Å². The van der Waals surface area contributed by atoms with Crippen molar-refractivity contribution in [2.45, 2.75) is 19.4 Å². The van der Waals surface area contributed by atoms with E-state index in [1.807, 2.05) is 31.2 Å². The molecular formula is C18H26N2O3. The van der Waals surface area contributed by atoms with Gasteiger partial charge in [0.1, 0.15) is 0 Å². The van der Waals surface area contributed by atoms with Gasteiger partial charge in [-0.2, -0.15) is 0 Å². The summed E-state index contributed by atoms with van der Waals surface area (Å²) >= 11 is 0. The molecule has 2 atom stereocenters. The average molecular weight is 318 g/mol. The minimum atomic E-state index is 0.0141. The van der Waals surface area contributed by atoms with Gasteiger partial charge in [0.2, 0.25) is 0 Å². The van der Waals surface area contributed by atoms with Crippen LogP contribution in [0.4, 0.5) is 0 Å². The van der Waals surface area contributed by atoms with Crippen LogP contribution in [0, 0.1) is 12.8 Å². The van der Waals surface area contributed by atoms with Crippen molar-refractivity contribution in [3.63, 3.8) is 0 Å². The van der Waals surface area contributed by atoms with Gasteiger partial charge < -0.3 is 14.8 Å². The first-order valence-electron chi connectivity index (χ1n) is 8.49. The molecule has 3 rings (SSSR count). The van der Waals surface area contributed by atoms with Crippen LogP contribution in [-0.2, 0) is 9.47 Å². The van der Waals surface area contributed by atoms with Crippen molar-refractivity contribution in [3.8, 4) is 0 Å². The number of nitrogens with one attached hydrogen (secondary N) is 1. The summed E-state index contributed by atoms with van der Waals surface area (Å²) in [4.78, 5) is 14.9. The van der Waals surface area contributed by atoms with Crippen LogP contribution in [0.5, 0.6) is 0 Å². The predicted octanol–water partition coefficient (Wildman–Crippen LogP) is 1.46. The second-order valence-corrected chi connectivity index (χ2v) is 6.36. The van der Waals surface area contributed by atoms with E-state index in [1.165, 1.54) is 0 Å². The summed E-state index contributed by atoms with van der Waals surface area (Å²) in [5.41, 5.74) is 1.77. The summed E-state index contributed by atoms with van der Waals surface area (Å²) in [7, 11) is 0. The van der Waals surface area contributed by atoms with E-state index >= 15 is 0 Å². The number of carbonyl (C=O) groups excluding carboxylic acids is 1. The van der Waals surface area contributed by atoms with Crippen LogP contribution in [0.15, 0.2) is 24.3 Å². The quantitative estimate of drug-likeness (QED) is 0.893. The van der Waals surface area contributed by atoms with Gasteiger partial charge in [-0.25, -0.2) is 0 Å². The monoisotopic (exact) mass is 318 g/mol. The maximum Gasteiger partial charge on any atom is 0.251 e. The molecule has 126 valence electrons. The number of aryl methyl sites for hydroxylation is 1. The van der Waals surface area contributed by atoms with Gasteiger partial charge in [0.15, 0.2) is 0 Å². The van der Waals surface area contributed by atoms with E-state index in [2.05, 4.69) is 10.2 Å². The first-order chi connectivity index (χ1) is 11.3. The Morgan fingerprint density at radius 2 is 2.04 bits per heavy atom. The summed E-state index contributed by atoms with van der Waals surface area (Å²) in [6.07, 6.45) is 1.07. The van der Waals surface area contributed by atoms with E-state index < -0.39 is 0 Å². The van der Waals surface area contributed by atoms with Crippen molar-refractivity contribution in [1.82, 2.24) is 10.2 Å². The highest BCUT2D eigenvalue weighted by atomic mass is 16.5. The van der Waals surface area contributed by atoms with Gasteiger partial charge in [0, 0.05) is 43.8 Å². The van der Waals surface area contributed by atoms with E-state index in [0.717, 1.165) is 57.1 Å². The second kappa shape index (κ2) is 7.90. The SMILES string of the molecule is Cc1ccccc1C(=O)NCC(C1CCOC1)N1CCOCC1. The molecule has 0 saturated carbocycles. The third-order valence-electron chi connectivity index (χ3n) is 4.89. The molecule has 1 N–H and O–H groups in total. The Bertz CT molecular complexity index is 523. The van der Waals surface area contributed by atoms with E-state index in [0.29, 0.717) is 18.5 Å². The maximum absolute atomic E-state index is 12.5. The lowest BCUT2D eigenvalue weighted by molar-refractivity contribution is 0.00166. The first-order valence-corrected chi connectivity index (χ1v) is 8.49. The number of morpholine rings is 1. The number of benzene rings is 1. The molecule has 1 aromatic carbocycles. The number of rotatable bonds is 5. The van der Waals surface area contributed by atoms with E-state index in [4.69, 9.17) is 9.47 Å². The molecule has 0 spiro atoms. The predicted molar refractivity (Wildman–Crippen MR) is 88.6 cm³/mol. The highest BCUT2D eigenvalue weighted by Crippen LogP contribution is 2.22. The van der Waals surface area contributed by atoms with Gasteiger partial charge in [0.05, 0.1) is 19.8 Å². The summed E-state index contributed by atoms with van der Waals surface area (Å²) in [6, 6.07) is 8.05. The molecule has 5 nitrogen and oxygen atoms in total. The molecule has 2 fully saturated rings. The zero-order valence-electron chi connectivity index (χ0n) is 13.8. The molecule has 23 heavy (non-hydrogen) atoms. The number of hydrogen-bond acceptors (Lipinski definition) is 4. The Balaban J connectivity index is 1.63. The molecule has 2 aliphatic rings. The number of hydrogen-bond donors (Lipinski definition) is 1. The van der Waals surface area contributed by atoms with Crippen molar-refractivity contribution in [1.29, 1.82) is 0 Å². The van der Waals surface area contributed by atoms with Crippen LogP contribution in [0.25, 0.3) is 0 Å². The number of ether oxygens (including phenoxy) is 2. The fraction of sp³-hybridized carbons (Fsp3) is 0.611. The van der Waals surface area contributed by atoms with Gasteiger partial charge in [-0.05, 0) is 25.0 Å². The Hall–Kier alpha value is -1.43. The Kier molecular flexibility index (Phi) is 5.65. The zero-order valence-corrected chi connectivity index (χ0v) is 13.8. The van der Waals surface area contributed by atoms with Crippen LogP contribution in [0.2, 0.25) is 0 Å². The van der Waals surface area contributed by atoms with E-state index in [9.17, 15) is 4.79 Å². The fourth-order valence-electron chi connectivity index (χ4n) is 3.48. The number of carbonyl (C=O) groups is 1. The van der Waals surface area contributed by atoms with Crippen LogP contribution in [0.1, 0.15) is 22.3 Å². The molecule has 1 aromatic rings. The van der Waals surface area contributed by atoms with Crippen LogP contribution >= 0.6 is 0 Å². The lowest BCUT2D eigenvalue weighted by Gasteiger charge is -2.37. The molecule has 2 heterocycles. The molecular weight excluding hydrogens is 292 g/mol. The highest BCUT2D eigenvalue weighted by Gasteiger charge is 2.31. The fourth-order valence-corrected chi connectivity index (χ4v) is 3.48. The van der Waals surface area contributed by atoms with Crippen molar-refractivity contribution >= 4 is 5.91 Å². The van der Waals surface area contributed by atoms with Crippen molar-refractivity contribution in [2.24, 2.45) is 5.92 Å². The third kappa shape index (κ3) is 4.10. The topological polar surface area (TPSA) is 50.8 Å². The van der Waals surface area contributed by atoms with Crippen molar-refractivity contribution in [2.75, 3.05) is 46.1 Å². The lowest BCUT2D eigenvalue weighted by atomic mass is 9.96. The molecule has 2 unspecified atom stereocenters. The van der Waals surface area contributed by atoms with Crippen molar-refractivity contribution in [3.05, 3.63) is 35.4 Å². The van der Waals surface area contributed by atoms with E-state index in [-0.39, 0.29) is 5.91 Å². The zero-order chi connectivity index (χ0) is 16.1. The third-order valence-corrected chi connectivity index (χ3v) is 4.89. The molecule has 2 saturated heterocycles. The van der Waals surface area contributed by atoms with Gasteiger partial charge in [-0.3, -0.25) is 9.69 Å². The van der Waals surface area contributed by atoms with Crippen molar-refractivity contribution < 1.29 is 14.3 Å². The highest BCUT2D eigenvalue weighted by molar-refractivity contribution is 5.95. The molecule has 1 amide bonds. The van der Waals surface area contributed by atoms with Crippen LogP contribution in [0.3, 0.4) is 0 Å². The standard InChI is InChI=1S/C18H26N2O3/c1-14-4-2-3-5-16(14)18(21)19-12-17(15-6-9-23-13-15)20-7-10-22-11-8-20/h2-5,15,17H,6-13H2,1H3,(H,19,21).